The van der Waals surface area contributed by atoms with Gasteiger partial charge in [-0.3, -0.25) is 4.79 Å². The second kappa shape index (κ2) is 11.4. The van der Waals surface area contributed by atoms with Gasteiger partial charge >= 0.3 is 0 Å². The van der Waals surface area contributed by atoms with Crippen molar-refractivity contribution in [1.82, 2.24) is 4.72 Å². The van der Waals surface area contributed by atoms with E-state index in [-0.39, 0.29) is 35.7 Å². The van der Waals surface area contributed by atoms with Crippen LogP contribution >= 0.6 is 11.6 Å². The SMILES string of the molecule is O=C1NS(=O)(=O)C(C(F)F)CC/C=C/[C@H](O)[C@@H]2CC[C@H]2CN2C[C@@]3(CCCc4cc(Cl)ccc43)COc3ccc1cc32. The standard InChI is InChI=1S/C31H35ClF2N2O5S/c32-22-9-11-24-19(14-22)4-3-13-31(24)17-36-16-21-7-10-23(21)26(37)5-1-2-6-28(29(33)34)42(39,40)35-30(38)20-8-12-27(41-18-31)25(36)15-20/h1,5,8-9,11-12,14-15,21,23,26,28-29,37H,2-4,6-7,10,13,16-18H2,(H,35,38)/b5-1+/t21-,23+,26-,28?,31-/m0/s1. The zero-order chi connectivity index (χ0) is 29.6. The molecule has 226 valence electrons. The highest BCUT2D eigenvalue weighted by Crippen LogP contribution is 2.46. The number of carbonyl (C=O) groups is 1. The van der Waals surface area contributed by atoms with Crippen molar-refractivity contribution in [3.05, 3.63) is 70.3 Å². The van der Waals surface area contributed by atoms with Gasteiger partial charge in [0.05, 0.1) is 18.4 Å². The van der Waals surface area contributed by atoms with Gasteiger partial charge in [-0.2, -0.15) is 0 Å². The van der Waals surface area contributed by atoms with Gasteiger partial charge in [-0.1, -0.05) is 29.8 Å². The molecular weight excluding hydrogens is 586 g/mol. The Morgan fingerprint density at radius 2 is 1.98 bits per heavy atom. The molecule has 1 unspecified atom stereocenters. The molecule has 2 bridgehead atoms. The number of amides is 1. The third-order valence-electron chi connectivity index (χ3n) is 9.53. The van der Waals surface area contributed by atoms with Crippen LogP contribution in [0.2, 0.25) is 5.02 Å². The molecule has 2 aliphatic heterocycles. The molecule has 2 N–H and O–H groups in total. The zero-order valence-corrected chi connectivity index (χ0v) is 24.7. The molecular formula is C31H35ClF2N2O5S. The number of aryl methyl sites for hydroxylation is 1. The van der Waals surface area contributed by atoms with Crippen molar-refractivity contribution in [2.75, 3.05) is 24.6 Å². The fourth-order valence-electron chi connectivity index (χ4n) is 7.13. The summed E-state index contributed by atoms with van der Waals surface area (Å²) < 4.78 is 61.7. The summed E-state index contributed by atoms with van der Waals surface area (Å²) in [5, 5.41) is 9.60. The molecule has 6 rings (SSSR count). The number of ether oxygens (including phenoxy) is 1. The number of benzene rings is 2. The average molecular weight is 621 g/mol. The van der Waals surface area contributed by atoms with Gasteiger partial charge < -0.3 is 14.7 Å². The quantitative estimate of drug-likeness (QED) is 0.423. The van der Waals surface area contributed by atoms with Crippen LogP contribution in [0.5, 0.6) is 5.75 Å². The van der Waals surface area contributed by atoms with Gasteiger partial charge in [0.1, 0.15) is 11.0 Å². The summed E-state index contributed by atoms with van der Waals surface area (Å²) in [7, 11) is -4.67. The van der Waals surface area contributed by atoms with Crippen LogP contribution in [0.1, 0.15) is 60.0 Å². The van der Waals surface area contributed by atoms with Gasteiger partial charge in [0.15, 0.2) is 0 Å². The van der Waals surface area contributed by atoms with Crippen molar-refractivity contribution in [3.63, 3.8) is 0 Å². The van der Waals surface area contributed by atoms with E-state index in [2.05, 4.69) is 11.0 Å². The van der Waals surface area contributed by atoms with Crippen LogP contribution < -0.4 is 14.4 Å². The van der Waals surface area contributed by atoms with Gasteiger partial charge in [0, 0.05) is 29.1 Å². The first kappa shape index (κ1) is 29.4. The summed E-state index contributed by atoms with van der Waals surface area (Å²) in [6.45, 7) is 1.63. The molecule has 0 aromatic heterocycles. The number of carbonyl (C=O) groups excluding carboxylic acids is 1. The van der Waals surface area contributed by atoms with Crippen molar-refractivity contribution in [2.45, 2.75) is 68.1 Å². The Morgan fingerprint density at radius 3 is 2.74 bits per heavy atom. The van der Waals surface area contributed by atoms with Crippen LogP contribution in [0, 0.1) is 11.8 Å². The average Bonchev–Trinajstić information content (AvgIpc) is 3.06. The number of nitrogens with one attached hydrogen (secondary N) is 1. The predicted octanol–water partition coefficient (Wildman–Crippen LogP) is 5.24. The lowest BCUT2D eigenvalue weighted by Crippen LogP contribution is -2.49. The highest BCUT2D eigenvalue weighted by Gasteiger charge is 2.44. The third kappa shape index (κ3) is 5.53. The van der Waals surface area contributed by atoms with Crippen molar-refractivity contribution >= 4 is 33.2 Å². The number of aliphatic hydroxyl groups is 1. The summed E-state index contributed by atoms with van der Waals surface area (Å²) in [5.41, 5.74) is 2.73. The van der Waals surface area contributed by atoms with Crippen LogP contribution in [0.4, 0.5) is 14.5 Å². The number of anilines is 1. The molecule has 5 atom stereocenters. The second-order valence-electron chi connectivity index (χ2n) is 12.1. The minimum absolute atomic E-state index is 0.0173. The lowest BCUT2D eigenvalue weighted by atomic mass is 9.68. The fraction of sp³-hybridized carbons (Fsp3) is 0.516. The van der Waals surface area contributed by atoms with Gasteiger partial charge in [0.25, 0.3) is 12.3 Å². The summed E-state index contributed by atoms with van der Waals surface area (Å²) in [6, 6.07) is 10.7. The Bertz CT molecular complexity index is 1500. The number of nitrogens with zero attached hydrogens (tertiary/aromatic N) is 1. The fourth-order valence-corrected chi connectivity index (χ4v) is 8.57. The lowest BCUT2D eigenvalue weighted by Gasteiger charge is -2.45. The zero-order valence-electron chi connectivity index (χ0n) is 23.1. The van der Waals surface area contributed by atoms with Crippen molar-refractivity contribution in [1.29, 1.82) is 0 Å². The monoisotopic (exact) mass is 620 g/mol. The van der Waals surface area contributed by atoms with E-state index < -0.39 is 33.7 Å². The van der Waals surface area contributed by atoms with E-state index in [0.717, 1.165) is 32.1 Å². The Balaban J connectivity index is 1.42. The highest BCUT2D eigenvalue weighted by molar-refractivity contribution is 7.90. The van der Waals surface area contributed by atoms with Crippen LogP contribution in [0.15, 0.2) is 48.6 Å². The van der Waals surface area contributed by atoms with E-state index in [1.54, 1.807) is 24.3 Å². The van der Waals surface area contributed by atoms with Crippen LogP contribution in [-0.4, -0.2) is 56.9 Å². The maximum atomic E-state index is 13.8. The molecule has 2 aromatic carbocycles. The summed E-state index contributed by atoms with van der Waals surface area (Å²) in [5.74, 6) is -0.244. The van der Waals surface area contributed by atoms with E-state index in [9.17, 15) is 27.1 Å². The lowest BCUT2D eigenvalue weighted by molar-refractivity contribution is 0.0456. The molecule has 1 saturated carbocycles. The van der Waals surface area contributed by atoms with Crippen molar-refractivity contribution in [2.24, 2.45) is 11.8 Å². The summed E-state index contributed by atoms with van der Waals surface area (Å²) >= 11 is 6.35. The molecule has 1 fully saturated rings. The largest absolute Gasteiger partial charge is 0.490 e. The van der Waals surface area contributed by atoms with E-state index in [1.807, 2.05) is 16.9 Å². The molecule has 0 saturated heterocycles. The molecule has 2 heterocycles. The number of hydrogen-bond acceptors (Lipinski definition) is 6. The van der Waals surface area contributed by atoms with Crippen LogP contribution in [-0.2, 0) is 21.9 Å². The molecule has 1 amide bonds. The molecule has 42 heavy (non-hydrogen) atoms. The second-order valence-corrected chi connectivity index (χ2v) is 14.5. The highest BCUT2D eigenvalue weighted by atomic mass is 35.5. The minimum atomic E-state index is -4.67. The third-order valence-corrected chi connectivity index (χ3v) is 11.5. The number of aliphatic hydroxyl groups excluding tert-OH is 1. The first-order valence-electron chi connectivity index (χ1n) is 14.6. The normalized spacial score (nSPS) is 31.6. The molecule has 11 heteroatoms. The van der Waals surface area contributed by atoms with Crippen molar-refractivity contribution in [3.8, 4) is 5.75 Å². The van der Waals surface area contributed by atoms with Crippen molar-refractivity contribution < 1.29 is 31.8 Å². The maximum Gasteiger partial charge on any atom is 0.264 e. The van der Waals surface area contributed by atoms with Gasteiger partial charge in [-0.15, -0.1) is 0 Å². The van der Waals surface area contributed by atoms with Gasteiger partial charge in [-0.05, 0) is 98.2 Å². The molecule has 2 aromatic rings. The number of fused-ring (bicyclic) bond motifs is 4. The number of hydrogen-bond donors (Lipinski definition) is 2. The number of alkyl halides is 2. The Kier molecular flexibility index (Phi) is 8.00. The summed E-state index contributed by atoms with van der Waals surface area (Å²) in [4.78, 5) is 15.4. The Morgan fingerprint density at radius 1 is 1.14 bits per heavy atom. The smallest absolute Gasteiger partial charge is 0.264 e. The Hall–Kier alpha value is -2.69. The first-order valence-corrected chi connectivity index (χ1v) is 16.5. The van der Waals surface area contributed by atoms with Gasteiger partial charge in [-0.25, -0.2) is 21.9 Å². The summed E-state index contributed by atoms with van der Waals surface area (Å²) in [6.07, 6.45) is 3.41. The number of halogens is 3. The first-order chi connectivity index (χ1) is 20.1. The maximum absolute atomic E-state index is 13.8. The molecule has 7 nitrogen and oxygen atoms in total. The van der Waals surface area contributed by atoms with E-state index in [1.165, 1.54) is 17.2 Å². The molecule has 1 spiro atoms. The van der Waals surface area contributed by atoms with E-state index >= 15 is 0 Å². The number of sulfonamides is 1. The number of allylic oxidation sites excluding steroid dienone is 1. The molecule has 4 aliphatic rings. The van der Waals surface area contributed by atoms with Crippen LogP contribution in [0.25, 0.3) is 0 Å². The van der Waals surface area contributed by atoms with Gasteiger partial charge in [0.2, 0.25) is 10.0 Å². The topological polar surface area (TPSA) is 95.9 Å². The number of rotatable bonds is 1. The van der Waals surface area contributed by atoms with E-state index in [4.69, 9.17) is 16.3 Å². The van der Waals surface area contributed by atoms with Crippen LogP contribution in [0.3, 0.4) is 0 Å². The Labute approximate surface area is 249 Å². The molecule has 0 radical (unpaired) electrons. The molecule has 2 aliphatic carbocycles. The minimum Gasteiger partial charge on any atom is -0.490 e. The predicted molar refractivity (Wildman–Crippen MR) is 157 cm³/mol. The van der Waals surface area contributed by atoms with E-state index in [0.29, 0.717) is 36.2 Å².